The maximum absolute atomic E-state index is 11.6. The number of amidine groups is 1. The van der Waals surface area contributed by atoms with Crippen molar-refractivity contribution in [3.05, 3.63) is 84.6 Å². The number of benzene rings is 2. The molecule has 1 atom stereocenters. The van der Waals surface area contributed by atoms with Gasteiger partial charge in [-0.1, -0.05) is 60.7 Å². The summed E-state index contributed by atoms with van der Waals surface area (Å²) in [4.78, 5) is 16.1. The van der Waals surface area contributed by atoms with E-state index in [1.807, 2.05) is 72.8 Å². The molecule has 0 spiro atoms. The van der Waals surface area contributed by atoms with Crippen molar-refractivity contribution in [3.63, 3.8) is 0 Å². The maximum atomic E-state index is 11.6. The van der Waals surface area contributed by atoms with Gasteiger partial charge >= 0.3 is 0 Å². The summed E-state index contributed by atoms with van der Waals surface area (Å²) in [5.41, 5.74) is 8.68. The molecule has 0 saturated heterocycles. The topological polar surface area (TPSA) is 83.6 Å². The Kier molecular flexibility index (Phi) is 4.53. The number of primary amides is 1. The first-order valence-corrected chi connectivity index (χ1v) is 8.70. The molecule has 1 aliphatic rings. The van der Waals surface area contributed by atoms with E-state index in [1.54, 1.807) is 11.2 Å². The third-order valence-corrected chi connectivity index (χ3v) is 4.40. The van der Waals surface area contributed by atoms with E-state index in [0.29, 0.717) is 12.2 Å². The molecule has 4 rings (SSSR count). The van der Waals surface area contributed by atoms with Gasteiger partial charge in [0.05, 0.1) is 0 Å². The number of pyridine rings is 1. The van der Waals surface area contributed by atoms with Crippen LogP contribution < -0.4 is 16.1 Å². The summed E-state index contributed by atoms with van der Waals surface area (Å²) >= 11 is 0. The highest BCUT2D eigenvalue weighted by atomic mass is 16.1. The molecule has 0 radical (unpaired) electrons. The van der Waals surface area contributed by atoms with Crippen LogP contribution in [-0.4, -0.2) is 22.9 Å². The summed E-state index contributed by atoms with van der Waals surface area (Å²) < 4.78 is 0. The van der Waals surface area contributed by atoms with Crippen LogP contribution in [0.2, 0.25) is 0 Å². The quantitative estimate of drug-likeness (QED) is 0.735. The average molecular weight is 357 g/mol. The van der Waals surface area contributed by atoms with Crippen molar-refractivity contribution < 1.29 is 4.79 Å². The van der Waals surface area contributed by atoms with Gasteiger partial charge in [0.15, 0.2) is 5.82 Å². The second-order valence-electron chi connectivity index (χ2n) is 6.28. The Morgan fingerprint density at radius 3 is 2.41 bits per heavy atom. The second-order valence-corrected chi connectivity index (χ2v) is 6.28. The predicted molar refractivity (Wildman–Crippen MR) is 106 cm³/mol. The molecule has 3 N–H and O–H groups in total. The molecule has 0 bridgehead atoms. The Hall–Kier alpha value is -3.67. The molecule has 1 aliphatic heterocycles. The Balaban J connectivity index is 1.67. The van der Waals surface area contributed by atoms with Crippen LogP contribution in [0.15, 0.2) is 84.1 Å². The van der Waals surface area contributed by atoms with Crippen molar-refractivity contribution in [1.29, 1.82) is 0 Å². The monoisotopic (exact) mass is 357 g/mol. The second kappa shape index (κ2) is 7.29. The number of hydrogen-bond acceptors (Lipinski definition) is 5. The number of hydrogen-bond donors (Lipinski definition) is 2. The Labute approximate surface area is 157 Å². The fraction of sp³-hybridized carbons (Fsp3) is 0.0952. The standard InChI is InChI=1S/C21H19N5O/c22-20(27)21-24-19(13-15-7-3-1-4-8-15)26(25-21)18-14-17(11-12-23-18)16-9-5-2-6-10-16/h1-12,14,19H,13H2,(H2,22,27)(H,24,25). The van der Waals surface area contributed by atoms with Crippen molar-refractivity contribution in [2.75, 3.05) is 5.01 Å². The van der Waals surface area contributed by atoms with Gasteiger partial charge in [0.2, 0.25) is 5.84 Å². The molecule has 2 aromatic carbocycles. The minimum absolute atomic E-state index is 0.142. The van der Waals surface area contributed by atoms with Gasteiger partial charge < -0.3 is 11.1 Å². The Bertz CT molecular complexity index is 972. The van der Waals surface area contributed by atoms with Crippen LogP contribution in [0.5, 0.6) is 0 Å². The lowest BCUT2D eigenvalue weighted by Crippen LogP contribution is -2.43. The number of rotatable bonds is 5. The van der Waals surface area contributed by atoms with Crippen LogP contribution >= 0.6 is 0 Å². The zero-order valence-corrected chi connectivity index (χ0v) is 14.6. The highest BCUT2D eigenvalue weighted by Crippen LogP contribution is 2.26. The molecular weight excluding hydrogens is 338 g/mol. The number of carbonyl (C=O) groups is 1. The largest absolute Gasteiger partial charge is 0.363 e. The zero-order valence-electron chi connectivity index (χ0n) is 14.6. The predicted octanol–water partition coefficient (Wildman–Crippen LogP) is 2.53. The van der Waals surface area contributed by atoms with Gasteiger partial charge in [0, 0.05) is 12.6 Å². The van der Waals surface area contributed by atoms with Crippen LogP contribution in [0.3, 0.4) is 0 Å². The summed E-state index contributed by atoms with van der Waals surface area (Å²) in [5, 5.41) is 9.20. The molecular formula is C21H19N5O. The molecule has 27 heavy (non-hydrogen) atoms. The van der Waals surface area contributed by atoms with Crippen LogP contribution in [-0.2, 0) is 11.2 Å². The minimum Gasteiger partial charge on any atom is -0.363 e. The van der Waals surface area contributed by atoms with E-state index in [0.717, 1.165) is 16.7 Å². The number of anilines is 1. The number of amides is 1. The van der Waals surface area contributed by atoms with E-state index in [2.05, 4.69) is 15.4 Å². The van der Waals surface area contributed by atoms with Crippen molar-refractivity contribution >= 4 is 17.6 Å². The lowest BCUT2D eigenvalue weighted by Gasteiger charge is -2.23. The summed E-state index contributed by atoms with van der Waals surface area (Å²) in [5.74, 6) is 0.207. The number of nitrogens with one attached hydrogen (secondary N) is 1. The summed E-state index contributed by atoms with van der Waals surface area (Å²) in [6.45, 7) is 0. The van der Waals surface area contributed by atoms with Crippen LogP contribution in [0.25, 0.3) is 11.1 Å². The van der Waals surface area contributed by atoms with E-state index in [9.17, 15) is 4.79 Å². The van der Waals surface area contributed by atoms with Crippen LogP contribution in [0.4, 0.5) is 5.82 Å². The van der Waals surface area contributed by atoms with Gasteiger partial charge in [0.1, 0.15) is 6.17 Å². The van der Waals surface area contributed by atoms with Gasteiger partial charge in [-0.3, -0.25) is 4.79 Å². The van der Waals surface area contributed by atoms with Crippen molar-refractivity contribution in [2.24, 2.45) is 10.8 Å². The molecule has 0 saturated carbocycles. The van der Waals surface area contributed by atoms with Crippen molar-refractivity contribution in [2.45, 2.75) is 12.6 Å². The SMILES string of the molecule is NC(=O)C1=NN(c2cc(-c3ccccc3)ccn2)C(Cc2ccccc2)N1. The average Bonchev–Trinajstić information content (AvgIpc) is 3.14. The molecule has 3 aromatic rings. The number of hydrazone groups is 1. The van der Waals surface area contributed by atoms with Gasteiger partial charge in [-0.25, -0.2) is 9.99 Å². The smallest absolute Gasteiger partial charge is 0.286 e. The maximum Gasteiger partial charge on any atom is 0.286 e. The number of aromatic nitrogens is 1. The molecule has 6 nitrogen and oxygen atoms in total. The lowest BCUT2D eigenvalue weighted by atomic mass is 10.1. The molecule has 1 amide bonds. The third kappa shape index (κ3) is 3.64. The van der Waals surface area contributed by atoms with Gasteiger partial charge in [-0.05, 0) is 28.8 Å². The normalized spacial score (nSPS) is 15.9. The van der Waals surface area contributed by atoms with E-state index >= 15 is 0 Å². The molecule has 6 heteroatoms. The van der Waals surface area contributed by atoms with E-state index in [1.165, 1.54) is 0 Å². The molecule has 134 valence electrons. The van der Waals surface area contributed by atoms with E-state index in [4.69, 9.17) is 5.73 Å². The third-order valence-electron chi connectivity index (χ3n) is 4.40. The number of nitrogens with two attached hydrogens (primary N) is 1. The molecule has 1 aromatic heterocycles. The minimum atomic E-state index is -0.588. The first-order chi connectivity index (χ1) is 13.2. The summed E-state index contributed by atoms with van der Waals surface area (Å²) in [7, 11) is 0. The van der Waals surface area contributed by atoms with Crippen molar-refractivity contribution in [1.82, 2.24) is 10.3 Å². The molecule has 2 heterocycles. The first-order valence-electron chi connectivity index (χ1n) is 8.70. The summed E-state index contributed by atoms with van der Waals surface area (Å²) in [6, 6.07) is 24.0. The van der Waals surface area contributed by atoms with Crippen LogP contribution in [0, 0.1) is 0 Å². The fourth-order valence-electron chi connectivity index (χ4n) is 3.09. The van der Waals surface area contributed by atoms with Gasteiger partial charge in [-0.2, -0.15) is 0 Å². The number of carbonyl (C=O) groups excluding carboxylic acids is 1. The Morgan fingerprint density at radius 2 is 1.70 bits per heavy atom. The first kappa shape index (κ1) is 16.8. The molecule has 1 unspecified atom stereocenters. The van der Waals surface area contributed by atoms with Crippen molar-refractivity contribution in [3.8, 4) is 11.1 Å². The fourth-order valence-corrected chi connectivity index (χ4v) is 3.09. The molecule has 0 aliphatic carbocycles. The Morgan fingerprint density at radius 1 is 1.00 bits per heavy atom. The zero-order chi connectivity index (χ0) is 18.6. The van der Waals surface area contributed by atoms with Gasteiger partial charge in [0.25, 0.3) is 5.91 Å². The summed E-state index contributed by atoms with van der Waals surface area (Å²) in [6.07, 6.45) is 2.15. The highest BCUT2D eigenvalue weighted by Gasteiger charge is 2.30. The highest BCUT2D eigenvalue weighted by molar-refractivity contribution is 6.38. The van der Waals surface area contributed by atoms with E-state index in [-0.39, 0.29) is 12.0 Å². The van der Waals surface area contributed by atoms with Gasteiger partial charge in [-0.15, -0.1) is 5.10 Å². The molecule has 0 fully saturated rings. The number of nitrogens with zero attached hydrogens (tertiary/aromatic N) is 3. The van der Waals surface area contributed by atoms with E-state index < -0.39 is 5.91 Å². The lowest BCUT2D eigenvalue weighted by molar-refractivity contribution is -0.112. The van der Waals surface area contributed by atoms with Crippen LogP contribution in [0.1, 0.15) is 5.56 Å².